The second kappa shape index (κ2) is 4.30. The molecule has 76 valence electrons. The lowest BCUT2D eigenvalue weighted by Gasteiger charge is -2.09. The molecule has 0 aromatic rings. The van der Waals surface area contributed by atoms with Crippen molar-refractivity contribution in [3.63, 3.8) is 0 Å². The van der Waals surface area contributed by atoms with Crippen LogP contribution in [0.15, 0.2) is 11.8 Å². The largest absolute Gasteiger partial charge is 0.454 e. The third-order valence-corrected chi connectivity index (χ3v) is 1.14. The van der Waals surface area contributed by atoms with Crippen molar-refractivity contribution in [2.75, 3.05) is 0 Å². The van der Waals surface area contributed by atoms with Gasteiger partial charge in [0.1, 0.15) is 0 Å². The van der Waals surface area contributed by atoms with Gasteiger partial charge in [0.05, 0.1) is 0 Å². The molecule has 0 radical (unpaired) electrons. The maximum absolute atomic E-state index is 11.7. The van der Waals surface area contributed by atoms with Crippen LogP contribution in [-0.4, -0.2) is 18.0 Å². The van der Waals surface area contributed by atoms with Gasteiger partial charge < -0.3 is 5.32 Å². The van der Waals surface area contributed by atoms with Crippen molar-refractivity contribution in [3.8, 4) is 0 Å². The van der Waals surface area contributed by atoms with Crippen LogP contribution in [0, 0.1) is 0 Å². The first kappa shape index (κ1) is 12.0. The average Bonchev–Trinajstić information content (AvgIpc) is 1.82. The first-order chi connectivity index (χ1) is 5.73. The number of hydrogen-bond acceptors (Lipinski definition) is 2. The quantitative estimate of drug-likeness (QED) is 0.698. The predicted octanol–water partition coefficient (Wildman–Crippen LogP) is 2.02. The van der Waals surface area contributed by atoms with Crippen molar-refractivity contribution in [2.24, 2.45) is 0 Å². The molecule has 0 aliphatic carbocycles. The van der Waals surface area contributed by atoms with Crippen LogP contribution in [0.25, 0.3) is 0 Å². The first-order valence-electron chi connectivity index (χ1n) is 3.79. The average molecular weight is 195 g/mol. The summed E-state index contributed by atoms with van der Waals surface area (Å²) in [6.07, 6.45) is -4.22. The van der Waals surface area contributed by atoms with Crippen LogP contribution in [0.2, 0.25) is 0 Å². The van der Waals surface area contributed by atoms with E-state index < -0.39 is 12.0 Å². The number of hydrogen-bond donors (Lipinski definition) is 1. The molecular formula is C8H12F3NO. The molecule has 2 nitrogen and oxygen atoms in total. The fourth-order valence-corrected chi connectivity index (χ4v) is 0.775. The molecule has 13 heavy (non-hydrogen) atoms. The second-order valence-corrected chi connectivity index (χ2v) is 2.99. The van der Waals surface area contributed by atoms with Crippen LogP contribution in [0.1, 0.15) is 20.8 Å². The van der Waals surface area contributed by atoms with Crippen molar-refractivity contribution in [1.82, 2.24) is 5.32 Å². The van der Waals surface area contributed by atoms with Gasteiger partial charge in [-0.25, -0.2) is 0 Å². The van der Waals surface area contributed by atoms with Gasteiger partial charge in [-0.15, -0.1) is 0 Å². The Labute approximate surface area is 74.8 Å². The van der Waals surface area contributed by atoms with E-state index >= 15 is 0 Å². The van der Waals surface area contributed by atoms with Crippen LogP contribution in [0.5, 0.6) is 0 Å². The molecule has 0 rings (SSSR count). The minimum Gasteiger partial charge on any atom is -0.386 e. The molecule has 0 fully saturated rings. The number of nitrogens with one attached hydrogen (secondary N) is 1. The van der Waals surface area contributed by atoms with Gasteiger partial charge in [-0.1, -0.05) is 0 Å². The normalized spacial score (nSPS) is 13.3. The van der Waals surface area contributed by atoms with E-state index in [1.165, 1.54) is 6.92 Å². The summed E-state index contributed by atoms with van der Waals surface area (Å²) in [5, 5.41) is 2.69. The van der Waals surface area contributed by atoms with Gasteiger partial charge in [0.2, 0.25) is 0 Å². The molecule has 0 aliphatic heterocycles. The molecule has 0 aromatic carbocycles. The highest BCUT2D eigenvalue weighted by Gasteiger charge is 2.36. The van der Waals surface area contributed by atoms with E-state index in [0.717, 1.165) is 0 Å². The maximum Gasteiger partial charge on any atom is 0.454 e. The Morgan fingerprint density at radius 1 is 1.38 bits per heavy atom. The maximum atomic E-state index is 11.7. The van der Waals surface area contributed by atoms with Crippen molar-refractivity contribution in [2.45, 2.75) is 33.0 Å². The SMILES string of the molecule is C/C(=C\C(=O)C(F)(F)F)NC(C)C. The van der Waals surface area contributed by atoms with Gasteiger partial charge >= 0.3 is 6.18 Å². The highest BCUT2D eigenvalue weighted by Crippen LogP contribution is 2.16. The molecule has 0 spiro atoms. The van der Waals surface area contributed by atoms with Gasteiger partial charge in [-0.3, -0.25) is 4.79 Å². The summed E-state index contributed by atoms with van der Waals surface area (Å²) < 4.78 is 35.2. The molecule has 0 aliphatic rings. The fourth-order valence-electron chi connectivity index (χ4n) is 0.775. The molecule has 0 unspecified atom stereocenters. The molecule has 5 heteroatoms. The zero-order valence-corrected chi connectivity index (χ0v) is 7.70. The van der Waals surface area contributed by atoms with Crippen LogP contribution < -0.4 is 5.32 Å². The standard InChI is InChI=1S/C8H12F3NO/c1-5(2)12-6(3)4-7(13)8(9,10)11/h4-5,12H,1-3H3/b6-4+. The lowest BCUT2D eigenvalue weighted by Crippen LogP contribution is -2.25. The van der Waals surface area contributed by atoms with E-state index in [2.05, 4.69) is 5.32 Å². The first-order valence-corrected chi connectivity index (χ1v) is 3.79. The summed E-state index contributed by atoms with van der Waals surface area (Å²) in [4.78, 5) is 10.4. The molecule has 1 N–H and O–H groups in total. The van der Waals surface area contributed by atoms with Gasteiger partial charge in [0.25, 0.3) is 5.78 Å². The van der Waals surface area contributed by atoms with Crippen molar-refractivity contribution < 1.29 is 18.0 Å². The topological polar surface area (TPSA) is 29.1 Å². The van der Waals surface area contributed by atoms with Crippen LogP contribution >= 0.6 is 0 Å². The van der Waals surface area contributed by atoms with E-state index in [-0.39, 0.29) is 11.7 Å². The van der Waals surface area contributed by atoms with Crippen LogP contribution in [0.3, 0.4) is 0 Å². The molecule has 0 bridgehead atoms. The smallest absolute Gasteiger partial charge is 0.386 e. The van der Waals surface area contributed by atoms with Gasteiger partial charge in [0.15, 0.2) is 0 Å². The van der Waals surface area contributed by atoms with Gasteiger partial charge in [0, 0.05) is 17.8 Å². The Morgan fingerprint density at radius 2 is 1.85 bits per heavy atom. The summed E-state index contributed by atoms with van der Waals surface area (Å²) in [5.41, 5.74) is 0.220. The van der Waals surface area contributed by atoms with Crippen LogP contribution in [-0.2, 0) is 4.79 Å². The molecule has 0 saturated carbocycles. The van der Waals surface area contributed by atoms with Crippen LogP contribution in [0.4, 0.5) is 13.2 Å². The highest BCUT2D eigenvalue weighted by molar-refractivity contribution is 5.94. The van der Waals surface area contributed by atoms with Gasteiger partial charge in [-0.2, -0.15) is 13.2 Å². The zero-order chi connectivity index (χ0) is 10.6. The Bertz CT molecular complexity index is 218. The van der Waals surface area contributed by atoms with Gasteiger partial charge in [-0.05, 0) is 20.8 Å². The molecule has 0 heterocycles. The number of halogens is 3. The second-order valence-electron chi connectivity index (χ2n) is 2.99. The third-order valence-electron chi connectivity index (χ3n) is 1.14. The summed E-state index contributed by atoms with van der Waals surface area (Å²) in [5.74, 6) is -1.84. The third kappa shape index (κ3) is 5.27. The van der Waals surface area contributed by atoms with Crippen molar-refractivity contribution in [3.05, 3.63) is 11.8 Å². The molecule has 0 saturated heterocycles. The lowest BCUT2D eigenvalue weighted by atomic mass is 10.3. The van der Waals surface area contributed by atoms with E-state index in [4.69, 9.17) is 0 Å². The monoisotopic (exact) mass is 195 g/mol. The number of allylic oxidation sites excluding steroid dienone is 2. The lowest BCUT2D eigenvalue weighted by molar-refractivity contribution is -0.165. The highest BCUT2D eigenvalue weighted by atomic mass is 19.4. The van der Waals surface area contributed by atoms with E-state index in [0.29, 0.717) is 6.08 Å². The summed E-state index contributed by atoms with van der Waals surface area (Å²) in [6, 6.07) is 0.0114. The Kier molecular flexibility index (Phi) is 3.97. The minimum absolute atomic E-state index is 0.0114. The fraction of sp³-hybridized carbons (Fsp3) is 0.625. The Hall–Kier alpha value is -1.00. The number of alkyl halides is 3. The van der Waals surface area contributed by atoms with Crippen molar-refractivity contribution >= 4 is 5.78 Å². The summed E-state index contributed by atoms with van der Waals surface area (Å²) >= 11 is 0. The number of rotatable bonds is 3. The van der Waals surface area contributed by atoms with E-state index in [9.17, 15) is 18.0 Å². The Morgan fingerprint density at radius 3 is 2.15 bits per heavy atom. The predicted molar refractivity (Wildman–Crippen MR) is 43.1 cm³/mol. The number of ketones is 1. The Balaban J connectivity index is 4.32. The summed E-state index contributed by atoms with van der Waals surface area (Å²) in [6.45, 7) is 4.97. The zero-order valence-electron chi connectivity index (χ0n) is 7.70. The van der Waals surface area contributed by atoms with Crippen molar-refractivity contribution in [1.29, 1.82) is 0 Å². The molecular weight excluding hydrogens is 183 g/mol. The van der Waals surface area contributed by atoms with E-state index in [1.54, 1.807) is 13.8 Å². The summed E-state index contributed by atoms with van der Waals surface area (Å²) in [7, 11) is 0. The molecule has 0 atom stereocenters. The molecule has 0 amide bonds. The number of carbonyl (C=O) groups excluding carboxylic acids is 1. The molecule has 0 aromatic heterocycles. The van der Waals surface area contributed by atoms with E-state index in [1.807, 2.05) is 0 Å². The number of carbonyl (C=O) groups is 1. The minimum atomic E-state index is -4.78.